The Morgan fingerprint density at radius 1 is 0.818 bits per heavy atom. The van der Waals surface area contributed by atoms with Crippen LogP contribution in [0.25, 0.3) is 0 Å². The Morgan fingerprint density at radius 2 is 1.18 bits per heavy atom. The molecule has 0 saturated carbocycles. The molecule has 12 heteroatoms. The summed E-state index contributed by atoms with van der Waals surface area (Å²) in [6, 6.07) is 0.302. The molecule has 0 aliphatic carbocycles. The number of halogens is 11. The molecule has 2 N–H and O–H groups in total. The number of hydrogen-bond acceptors (Lipinski definition) is 1. The van der Waals surface area contributed by atoms with Gasteiger partial charge in [-0.15, -0.1) is 0 Å². The Morgan fingerprint density at radius 3 is 1.50 bits per heavy atom. The zero-order valence-electron chi connectivity index (χ0n) is 9.89. The maximum Gasteiger partial charge on any atom is 0.387 e. The van der Waals surface area contributed by atoms with Crippen LogP contribution in [0, 0.1) is 0 Å². The highest BCUT2D eigenvalue weighted by Gasteiger charge is 2.80. The van der Waals surface area contributed by atoms with E-state index in [1.54, 1.807) is 0 Å². The average Bonchev–Trinajstić information content (AvgIpc) is 2.33. The highest BCUT2D eigenvalue weighted by molar-refractivity contribution is 14.1. The van der Waals surface area contributed by atoms with E-state index in [1.807, 2.05) is 0 Å². The SMILES string of the molecule is Nc1c(Cl)cc(C(F)(F)C(F)(F)C(F)(F)C(F)(F)I)cc1Cl. The quantitative estimate of drug-likeness (QED) is 0.241. The van der Waals surface area contributed by atoms with Crippen LogP contribution in [0.1, 0.15) is 5.56 Å². The molecule has 0 aromatic heterocycles. The van der Waals surface area contributed by atoms with Crippen LogP contribution >= 0.6 is 45.8 Å². The van der Waals surface area contributed by atoms with Crippen LogP contribution in [0.3, 0.4) is 0 Å². The van der Waals surface area contributed by atoms with Crippen LogP contribution in [-0.2, 0) is 5.92 Å². The number of nitrogens with two attached hydrogens (primary N) is 1. The molecule has 0 amide bonds. The van der Waals surface area contributed by atoms with E-state index in [0.717, 1.165) is 0 Å². The molecule has 0 unspecified atom stereocenters. The molecule has 0 fully saturated rings. The summed E-state index contributed by atoms with van der Waals surface area (Å²) in [5, 5.41) is -1.44. The predicted octanol–water partition coefficient (Wildman–Crippen LogP) is 5.97. The molecule has 1 nitrogen and oxygen atoms in total. The molecule has 126 valence electrons. The first-order valence-electron chi connectivity index (χ1n) is 5.02. The van der Waals surface area contributed by atoms with Gasteiger partial charge in [0.25, 0.3) is 0 Å². The van der Waals surface area contributed by atoms with E-state index < -0.39 is 43.0 Å². The van der Waals surface area contributed by atoms with Crippen LogP contribution in [0.15, 0.2) is 12.1 Å². The van der Waals surface area contributed by atoms with Crippen molar-refractivity contribution in [2.24, 2.45) is 0 Å². The Bertz CT molecular complexity index is 564. The lowest BCUT2D eigenvalue weighted by molar-refractivity contribution is -0.347. The van der Waals surface area contributed by atoms with Gasteiger partial charge in [0, 0.05) is 28.2 Å². The molecule has 1 aromatic carbocycles. The molecule has 0 heterocycles. The number of alkyl halides is 9. The van der Waals surface area contributed by atoms with Crippen LogP contribution in [-0.4, -0.2) is 15.8 Å². The molecular weight excluding hydrogens is 484 g/mol. The van der Waals surface area contributed by atoms with Gasteiger partial charge in [-0.2, -0.15) is 35.1 Å². The van der Waals surface area contributed by atoms with Gasteiger partial charge in [-0.05, 0) is 12.1 Å². The Labute approximate surface area is 141 Å². The van der Waals surface area contributed by atoms with Crippen LogP contribution in [0.2, 0.25) is 10.0 Å². The van der Waals surface area contributed by atoms with Crippen LogP contribution < -0.4 is 5.73 Å². The van der Waals surface area contributed by atoms with Gasteiger partial charge < -0.3 is 5.73 Å². The second kappa shape index (κ2) is 5.69. The van der Waals surface area contributed by atoms with Gasteiger partial charge >= 0.3 is 21.7 Å². The summed E-state index contributed by atoms with van der Waals surface area (Å²) >= 11 is 10.4. The van der Waals surface area contributed by atoms with E-state index in [4.69, 9.17) is 28.9 Å². The van der Waals surface area contributed by atoms with E-state index in [1.165, 1.54) is 0 Å². The number of rotatable bonds is 4. The first kappa shape index (κ1) is 19.8. The zero-order valence-corrected chi connectivity index (χ0v) is 13.6. The molecule has 0 radical (unpaired) electrons. The minimum absolute atomic E-state index is 0.151. The topological polar surface area (TPSA) is 26.0 Å². The summed E-state index contributed by atoms with van der Waals surface area (Å²) in [7, 11) is 0. The lowest BCUT2D eigenvalue weighted by Gasteiger charge is -2.35. The maximum absolute atomic E-state index is 13.7. The van der Waals surface area contributed by atoms with Crippen LogP contribution in [0.5, 0.6) is 0 Å². The van der Waals surface area contributed by atoms with Gasteiger partial charge in [0.1, 0.15) is 0 Å². The van der Waals surface area contributed by atoms with Crippen molar-refractivity contribution in [2.75, 3.05) is 5.73 Å². The number of hydrogen-bond donors (Lipinski definition) is 1. The summed E-state index contributed by atoms with van der Waals surface area (Å²) in [5.74, 6) is -18.5. The van der Waals surface area contributed by atoms with Gasteiger partial charge in [-0.1, -0.05) is 23.2 Å². The van der Waals surface area contributed by atoms with Gasteiger partial charge in [-0.25, -0.2) is 0 Å². The minimum atomic E-state index is -6.42. The monoisotopic (exact) mass is 487 g/mol. The van der Waals surface area contributed by atoms with E-state index in [2.05, 4.69) is 0 Å². The third kappa shape index (κ3) is 2.93. The van der Waals surface area contributed by atoms with Gasteiger partial charge in [-0.3, -0.25) is 0 Å². The first-order valence-corrected chi connectivity index (χ1v) is 6.86. The second-order valence-electron chi connectivity index (χ2n) is 4.07. The van der Waals surface area contributed by atoms with Crippen molar-refractivity contribution in [2.45, 2.75) is 21.7 Å². The zero-order chi connectivity index (χ0) is 17.7. The fourth-order valence-electron chi connectivity index (χ4n) is 1.32. The number of benzene rings is 1. The van der Waals surface area contributed by atoms with E-state index >= 15 is 0 Å². The summed E-state index contributed by atoms with van der Waals surface area (Å²) in [6.45, 7) is 0. The lowest BCUT2D eigenvalue weighted by atomic mass is 9.97. The molecule has 0 spiro atoms. The van der Waals surface area contributed by atoms with Crippen molar-refractivity contribution in [1.82, 2.24) is 0 Å². The standard InChI is InChI=1S/C10H4Cl2F8IN/c11-4-1-3(2-5(12)6(4)22)7(13,14)8(15,16)9(17,18)10(19,20)21/h1-2H,22H2. The van der Waals surface area contributed by atoms with Gasteiger partial charge in [0.2, 0.25) is 0 Å². The van der Waals surface area contributed by atoms with Crippen molar-refractivity contribution in [3.8, 4) is 0 Å². The average molecular weight is 488 g/mol. The molecule has 0 aliphatic heterocycles. The van der Waals surface area contributed by atoms with Crippen molar-refractivity contribution in [1.29, 1.82) is 0 Å². The Balaban J connectivity index is 3.52. The molecule has 22 heavy (non-hydrogen) atoms. The molecule has 0 atom stereocenters. The molecule has 1 rings (SSSR count). The summed E-state index contributed by atoms with van der Waals surface area (Å²) in [6.07, 6.45) is 0. The Kier molecular flexibility index (Phi) is 5.13. The third-order valence-corrected chi connectivity index (χ3v) is 3.89. The summed E-state index contributed by atoms with van der Waals surface area (Å²) in [4.78, 5) is 0. The smallest absolute Gasteiger partial charge is 0.387 e. The van der Waals surface area contributed by atoms with E-state index in [9.17, 15) is 35.1 Å². The number of nitrogen functional groups attached to an aromatic ring is 1. The summed E-state index contributed by atoms with van der Waals surface area (Å²) < 4.78 is 100. The third-order valence-electron chi connectivity index (χ3n) is 2.59. The largest absolute Gasteiger partial charge is 0.396 e. The lowest BCUT2D eigenvalue weighted by Crippen LogP contribution is -2.59. The molecular formula is C10H4Cl2F8IN. The fraction of sp³-hybridized carbons (Fsp3) is 0.400. The van der Waals surface area contributed by atoms with Gasteiger partial charge in [0.05, 0.1) is 15.7 Å². The highest BCUT2D eigenvalue weighted by Crippen LogP contribution is 2.58. The maximum atomic E-state index is 13.7. The van der Waals surface area contributed by atoms with E-state index in [0.29, 0.717) is 0 Å². The summed E-state index contributed by atoms with van der Waals surface area (Å²) in [5.41, 5.74) is 2.96. The van der Waals surface area contributed by atoms with Crippen molar-refractivity contribution in [3.05, 3.63) is 27.7 Å². The van der Waals surface area contributed by atoms with Crippen molar-refractivity contribution >= 4 is 51.5 Å². The van der Waals surface area contributed by atoms with Crippen molar-refractivity contribution < 1.29 is 35.1 Å². The molecule has 0 saturated heterocycles. The van der Waals surface area contributed by atoms with E-state index in [-0.39, 0.29) is 34.7 Å². The molecule has 0 aliphatic rings. The van der Waals surface area contributed by atoms with Crippen molar-refractivity contribution in [3.63, 3.8) is 0 Å². The van der Waals surface area contributed by atoms with Gasteiger partial charge in [0.15, 0.2) is 0 Å². The fourth-order valence-corrected chi connectivity index (χ4v) is 2.15. The predicted molar refractivity (Wildman–Crippen MR) is 73.6 cm³/mol. The Hall–Kier alpha value is -0.230. The highest BCUT2D eigenvalue weighted by atomic mass is 127. The first-order chi connectivity index (χ1) is 9.57. The minimum Gasteiger partial charge on any atom is -0.396 e. The molecule has 0 bridgehead atoms. The molecule has 1 aromatic rings. The second-order valence-corrected chi connectivity index (χ2v) is 6.24. The normalized spacial score (nSPS) is 14.3. The number of anilines is 1. The van der Waals surface area contributed by atoms with Crippen LogP contribution in [0.4, 0.5) is 40.8 Å².